The maximum absolute atomic E-state index is 11.9. The summed E-state index contributed by atoms with van der Waals surface area (Å²) in [6.45, 7) is 1.82. The molecule has 1 aromatic rings. The molecule has 0 aliphatic rings. The maximum Gasteiger partial charge on any atom is 0.234 e. The lowest BCUT2D eigenvalue weighted by atomic mass is 10.2. The summed E-state index contributed by atoms with van der Waals surface area (Å²) in [5, 5.41) is 0. The topological polar surface area (TPSA) is 63.4 Å². The smallest absolute Gasteiger partial charge is 0.234 e. The molecule has 0 fully saturated rings. The predicted octanol–water partition coefficient (Wildman–Crippen LogP) is 1.50. The molecule has 0 spiro atoms. The van der Waals surface area contributed by atoms with Gasteiger partial charge in [-0.2, -0.15) is 0 Å². The number of hydrogen-bond donors (Lipinski definition) is 1. The van der Waals surface area contributed by atoms with Gasteiger partial charge in [0.1, 0.15) is 4.99 Å². The van der Waals surface area contributed by atoms with Crippen molar-refractivity contribution < 1.29 is 8.42 Å². The Balaban J connectivity index is 3.21. The van der Waals surface area contributed by atoms with Crippen LogP contribution in [0.25, 0.3) is 0 Å². The quantitative estimate of drug-likeness (QED) is 0.825. The average molecular weight is 272 g/mol. The molecule has 0 aromatic heterocycles. The molecule has 0 bridgehead atoms. The molecule has 94 valence electrons. The predicted molar refractivity (Wildman–Crippen MR) is 74.8 cm³/mol. The standard InChI is InChI=1S/C11H16N2O2S2/c1-3-8-17(14,15)13(2)10-7-5-4-6-9(10)11(12)16/h4-7H,3,8H2,1-2H3,(H2,12,16). The van der Waals surface area contributed by atoms with Crippen LogP contribution in [0, 0.1) is 0 Å². The first-order valence-corrected chi connectivity index (χ1v) is 7.27. The summed E-state index contributed by atoms with van der Waals surface area (Å²) in [6, 6.07) is 6.95. The highest BCUT2D eigenvalue weighted by Crippen LogP contribution is 2.22. The Kier molecular flexibility index (Phi) is 4.47. The molecule has 6 heteroatoms. The van der Waals surface area contributed by atoms with Crippen LogP contribution in [0.2, 0.25) is 0 Å². The van der Waals surface area contributed by atoms with Crippen molar-refractivity contribution in [1.82, 2.24) is 0 Å². The number of nitrogens with zero attached hydrogens (tertiary/aromatic N) is 1. The summed E-state index contributed by atoms with van der Waals surface area (Å²) < 4.78 is 25.1. The third kappa shape index (κ3) is 3.17. The van der Waals surface area contributed by atoms with E-state index in [-0.39, 0.29) is 10.7 Å². The molecule has 2 N–H and O–H groups in total. The number of benzene rings is 1. The second kappa shape index (κ2) is 5.46. The minimum atomic E-state index is -3.30. The summed E-state index contributed by atoms with van der Waals surface area (Å²) in [5.74, 6) is 0.106. The van der Waals surface area contributed by atoms with Crippen LogP contribution in [-0.4, -0.2) is 26.2 Å². The minimum absolute atomic E-state index is 0.106. The Hall–Kier alpha value is -1.14. The number of para-hydroxylation sites is 1. The van der Waals surface area contributed by atoms with Gasteiger partial charge >= 0.3 is 0 Å². The van der Waals surface area contributed by atoms with E-state index in [0.29, 0.717) is 17.7 Å². The first-order valence-electron chi connectivity index (χ1n) is 5.25. The van der Waals surface area contributed by atoms with Crippen LogP contribution in [0.1, 0.15) is 18.9 Å². The molecular weight excluding hydrogens is 256 g/mol. The van der Waals surface area contributed by atoms with E-state index in [1.54, 1.807) is 24.3 Å². The molecule has 0 aliphatic heterocycles. The average Bonchev–Trinajstić information content (AvgIpc) is 2.28. The van der Waals surface area contributed by atoms with Gasteiger partial charge in [0.2, 0.25) is 10.0 Å². The first-order chi connectivity index (χ1) is 7.90. The van der Waals surface area contributed by atoms with E-state index in [1.165, 1.54) is 11.4 Å². The monoisotopic (exact) mass is 272 g/mol. The molecule has 17 heavy (non-hydrogen) atoms. The van der Waals surface area contributed by atoms with E-state index in [4.69, 9.17) is 18.0 Å². The molecule has 0 atom stereocenters. The van der Waals surface area contributed by atoms with Crippen LogP contribution < -0.4 is 10.0 Å². The Morgan fingerprint density at radius 3 is 2.53 bits per heavy atom. The fraction of sp³-hybridized carbons (Fsp3) is 0.364. The van der Waals surface area contributed by atoms with E-state index in [9.17, 15) is 8.42 Å². The van der Waals surface area contributed by atoms with Crippen LogP contribution in [0.15, 0.2) is 24.3 Å². The van der Waals surface area contributed by atoms with Gasteiger partial charge in [-0.15, -0.1) is 0 Å². The fourth-order valence-electron chi connectivity index (χ4n) is 1.50. The molecule has 1 rings (SSSR count). The number of sulfonamides is 1. The molecule has 0 radical (unpaired) electrons. The first kappa shape index (κ1) is 13.9. The third-order valence-electron chi connectivity index (χ3n) is 2.39. The molecule has 0 unspecified atom stereocenters. The Morgan fingerprint density at radius 1 is 1.41 bits per heavy atom. The molecule has 0 amide bonds. The number of thiocarbonyl (C=S) groups is 1. The number of rotatable bonds is 5. The number of anilines is 1. The van der Waals surface area contributed by atoms with Crippen molar-refractivity contribution in [2.24, 2.45) is 5.73 Å². The molecule has 4 nitrogen and oxygen atoms in total. The van der Waals surface area contributed by atoms with Crippen LogP contribution in [0.4, 0.5) is 5.69 Å². The van der Waals surface area contributed by atoms with Crippen LogP contribution in [0.5, 0.6) is 0 Å². The van der Waals surface area contributed by atoms with Gasteiger partial charge in [-0.1, -0.05) is 31.3 Å². The zero-order chi connectivity index (χ0) is 13.1. The van der Waals surface area contributed by atoms with E-state index < -0.39 is 10.0 Å². The second-order valence-corrected chi connectivity index (χ2v) is 6.22. The van der Waals surface area contributed by atoms with Gasteiger partial charge in [-0.05, 0) is 18.6 Å². The molecule has 0 saturated carbocycles. The number of nitrogens with two attached hydrogens (primary N) is 1. The highest BCUT2D eigenvalue weighted by atomic mass is 32.2. The van der Waals surface area contributed by atoms with Gasteiger partial charge < -0.3 is 5.73 Å². The van der Waals surface area contributed by atoms with Crippen LogP contribution in [-0.2, 0) is 10.0 Å². The van der Waals surface area contributed by atoms with Gasteiger partial charge in [0.25, 0.3) is 0 Å². The van der Waals surface area contributed by atoms with E-state index in [0.717, 1.165) is 0 Å². The zero-order valence-corrected chi connectivity index (χ0v) is 11.5. The Bertz CT molecular complexity index is 512. The van der Waals surface area contributed by atoms with Gasteiger partial charge in [0, 0.05) is 12.6 Å². The molecule has 0 aliphatic carbocycles. The van der Waals surface area contributed by atoms with E-state index >= 15 is 0 Å². The summed E-state index contributed by atoms with van der Waals surface area (Å²) in [5.41, 5.74) is 6.68. The fourth-order valence-corrected chi connectivity index (χ4v) is 2.92. The van der Waals surface area contributed by atoms with Crippen molar-refractivity contribution >= 4 is 32.9 Å². The van der Waals surface area contributed by atoms with Crippen LogP contribution in [0.3, 0.4) is 0 Å². The third-order valence-corrected chi connectivity index (χ3v) is 4.56. The largest absolute Gasteiger partial charge is 0.389 e. The van der Waals surface area contributed by atoms with Crippen molar-refractivity contribution in [3.63, 3.8) is 0 Å². The summed E-state index contributed by atoms with van der Waals surface area (Å²) in [6.07, 6.45) is 0.571. The highest BCUT2D eigenvalue weighted by molar-refractivity contribution is 7.92. The second-order valence-electron chi connectivity index (χ2n) is 3.66. The molecule has 1 aromatic carbocycles. The molecular formula is C11H16N2O2S2. The molecule has 0 saturated heterocycles. The normalized spacial score (nSPS) is 11.2. The van der Waals surface area contributed by atoms with Gasteiger partial charge in [-0.25, -0.2) is 8.42 Å². The lowest BCUT2D eigenvalue weighted by molar-refractivity contribution is 0.593. The van der Waals surface area contributed by atoms with Gasteiger partial charge in [0.05, 0.1) is 11.4 Å². The van der Waals surface area contributed by atoms with Crippen molar-refractivity contribution in [3.8, 4) is 0 Å². The Labute approximate surface area is 107 Å². The van der Waals surface area contributed by atoms with Crippen LogP contribution >= 0.6 is 12.2 Å². The highest BCUT2D eigenvalue weighted by Gasteiger charge is 2.20. The lowest BCUT2D eigenvalue weighted by Gasteiger charge is -2.21. The van der Waals surface area contributed by atoms with E-state index in [1.807, 2.05) is 6.92 Å². The van der Waals surface area contributed by atoms with Crippen molar-refractivity contribution in [3.05, 3.63) is 29.8 Å². The summed E-state index contributed by atoms with van der Waals surface area (Å²) in [7, 11) is -1.79. The van der Waals surface area contributed by atoms with Crippen molar-refractivity contribution in [1.29, 1.82) is 0 Å². The number of hydrogen-bond acceptors (Lipinski definition) is 3. The van der Waals surface area contributed by atoms with Gasteiger partial charge in [0.15, 0.2) is 0 Å². The SMILES string of the molecule is CCCS(=O)(=O)N(C)c1ccccc1C(N)=S. The van der Waals surface area contributed by atoms with Crippen molar-refractivity contribution in [2.45, 2.75) is 13.3 Å². The maximum atomic E-state index is 11.9. The zero-order valence-electron chi connectivity index (χ0n) is 9.88. The lowest BCUT2D eigenvalue weighted by Crippen LogP contribution is -2.30. The van der Waals surface area contributed by atoms with E-state index in [2.05, 4.69) is 0 Å². The summed E-state index contributed by atoms with van der Waals surface area (Å²) in [4.78, 5) is 0.194. The van der Waals surface area contributed by atoms with Crippen molar-refractivity contribution in [2.75, 3.05) is 17.1 Å². The summed E-state index contributed by atoms with van der Waals surface area (Å²) >= 11 is 4.91. The Morgan fingerprint density at radius 2 is 2.00 bits per heavy atom. The molecule has 0 heterocycles. The minimum Gasteiger partial charge on any atom is -0.389 e. The van der Waals surface area contributed by atoms with Gasteiger partial charge in [-0.3, -0.25) is 4.31 Å².